The molecule has 2 aromatic carbocycles. The first-order valence-corrected chi connectivity index (χ1v) is 10.5. The van der Waals surface area contributed by atoms with Gasteiger partial charge in [0.25, 0.3) is 0 Å². The summed E-state index contributed by atoms with van der Waals surface area (Å²) in [6.45, 7) is 0.525. The van der Waals surface area contributed by atoms with Gasteiger partial charge in [-0.15, -0.1) is 0 Å². The van der Waals surface area contributed by atoms with Crippen molar-refractivity contribution in [1.82, 2.24) is 14.5 Å². The second kappa shape index (κ2) is 9.70. The SMILES string of the molecule is COc1ccc(-c2c(C(=O)O)c(CCn3ccnc3)nc3cc(OC)c(OC)cc23)cc1OC. The Hall–Kier alpha value is -4.27. The van der Waals surface area contributed by atoms with Gasteiger partial charge in [-0.05, 0) is 23.8 Å². The Morgan fingerprint density at radius 2 is 1.62 bits per heavy atom. The fraction of sp³-hybridized carbons (Fsp3) is 0.240. The van der Waals surface area contributed by atoms with E-state index in [1.807, 2.05) is 10.8 Å². The van der Waals surface area contributed by atoms with E-state index >= 15 is 0 Å². The zero-order valence-electron chi connectivity index (χ0n) is 19.4. The van der Waals surface area contributed by atoms with Crippen LogP contribution >= 0.6 is 0 Å². The zero-order chi connectivity index (χ0) is 24.2. The molecule has 0 spiro atoms. The predicted octanol–water partition coefficient (Wildman–Crippen LogP) is 4.07. The maximum atomic E-state index is 12.6. The van der Waals surface area contributed by atoms with Crippen molar-refractivity contribution in [2.24, 2.45) is 0 Å². The van der Waals surface area contributed by atoms with Crippen LogP contribution < -0.4 is 18.9 Å². The van der Waals surface area contributed by atoms with E-state index in [1.54, 1.807) is 57.1 Å². The molecular weight excluding hydrogens is 438 g/mol. The molecule has 34 heavy (non-hydrogen) atoms. The monoisotopic (exact) mass is 463 g/mol. The summed E-state index contributed by atoms with van der Waals surface area (Å²) in [6.07, 6.45) is 5.58. The van der Waals surface area contributed by atoms with E-state index in [1.165, 1.54) is 14.2 Å². The average Bonchev–Trinajstić information content (AvgIpc) is 3.38. The minimum absolute atomic E-state index is 0.118. The first-order chi connectivity index (χ1) is 16.5. The van der Waals surface area contributed by atoms with Gasteiger partial charge < -0.3 is 28.6 Å². The Bertz CT molecular complexity index is 1330. The normalized spacial score (nSPS) is 10.8. The number of carboxylic acid groups (broad SMARTS) is 1. The van der Waals surface area contributed by atoms with Gasteiger partial charge >= 0.3 is 5.97 Å². The molecule has 0 aliphatic rings. The van der Waals surface area contributed by atoms with Crippen molar-refractivity contribution in [3.63, 3.8) is 0 Å². The number of hydrogen-bond donors (Lipinski definition) is 1. The fourth-order valence-corrected chi connectivity index (χ4v) is 4.00. The molecule has 0 saturated heterocycles. The second-order valence-corrected chi connectivity index (χ2v) is 7.46. The number of aryl methyl sites for hydroxylation is 2. The van der Waals surface area contributed by atoms with Crippen molar-refractivity contribution in [3.8, 4) is 34.1 Å². The largest absolute Gasteiger partial charge is 0.493 e. The van der Waals surface area contributed by atoms with Crippen LogP contribution in [-0.2, 0) is 13.0 Å². The highest BCUT2D eigenvalue weighted by molar-refractivity contribution is 6.08. The van der Waals surface area contributed by atoms with Gasteiger partial charge in [0, 0.05) is 42.4 Å². The van der Waals surface area contributed by atoms with E-state index in [4.69, 9.17) is 23.9 Å². The number of carbonyl (C=O) groups is 1. The predicted molar refractivity (Wildman–Crippen MR) is 126 cm³/mol. The van der Waals surface area contributed by atoms with E-state index in [0.717, 1.165) is 0 Å². The second-order valence-electron chi connectivity index (χ2n) is 7.46. The third-order valence-corrected chi connectivity index (χ3v) is 5.62. The van der Waals surface area contributed by atoms with Gasteiger partial charge in [-0.25, -0.2) is 9.78 Å². The Morgan fingerprint density at radius 3 is 2.24 bits per heavy atom. The first-order valence-electron chi connectivity index (χ1n) is 10.5. The highest BCUT2D eigenvalue weighted by Gasteiger charge is 2.24. The molecule has 0 unspecified atom stereocenters. The van der Waals surface area contributed by atoms with Crippen LogP contribution in [0.25, 0.3) is 22.0 Å². The number of nitrogens with zero attached hydrogens (tertiary/aromatic N) is 3. The summed E-state index contributed by atoms with van der Waals surface area (Å²) in [5.74, 6) is 0.933. The third-order valence-electron chi connectivity index (χ3n) is 5.62. The molecule has 0 aliphatic heterocycles. The molecule has 0 bridgehead atoms. The first kappa shape index (κ1) is 22.9. The summed E-state index contributed by atoms with van der Waals surface area (Å²) in [5, 5.41) is 10.9. The molecule has 1 N–H and O–H groups in total. The lowest BCUT2D eigenvalue weighted by Crippen LogP contribution is -2.11. The van der Waals surface area contributed by atoms with Crippen LogP contribution in [0.15, 0.2) is 49.1 Å². The molecule has 2 heterocycles. The van der Waals surface area contributed by atoms with Gasteiger partial charge in [-0.1, -0.05) is 6.07 Å². The quantitative estimate of drug-likeness (QED) is 0.396. The minimum atomic E-state index is -1.07. The molecule has 2 aromatic heterocycles. The number of imidazole rings is 1. The van der Waals surface area contributed by atoms with Crippen LogP contribution in [-0.4, -0.2) is 54.1 Å². The Morgan fingerprint density at radius 1 is 0.941 bits per heavy atom. The minimum Gasteiger partial charge on any atom is -0.493 e. The van der Waals surface area contributed by atoms with Gasteiger partial charge in [-0.3, -0.25) is 4.98 Å². The van der Waals surface area contributed by atoms with E-state index in [9.17, 15) is 9.90 Å². The Labute approximate surface area is 196 Å². The Kier molecular flexibility index (Phi) is 6.53. The highest BCUT2D eigenvalue weighted by atomic mass is 16.5. The van der Waals surface area contributed by atoms with Gasteiger partial charge in [0.2, 0.25) is 0 Å². The van der Waals surface area contributed by atoms with Crippen molar-refractivity contribution >= 4 is 16.9 Å². The van der Waals surface area contributed by atoms with Crippen molar-refractivity contribution in [1.29, 1.82) is 0 Å². The van der Waals surface area contributed by atoms with Crippen molar-refractivity contribution in [2.75, 3.05) is 28.4 Å². The summed E-state index contributed by atoms with van der Waals surface area (Å²) in [7, 11) is 6.16. The van der Waals surface area contributed by atoms with Crippen molar-refractivity contribution in [3.05, 3.63) is 60.3 Å². The Balaban J connectivity index is 2.03. The molecule has 0 amide bonds. The van der Waals surface area contributed by atoms with Crippen LogP contribution in [0.4, 0.5) is 0 Å². The lowest BCUT2D eigenvalue weighted by Gasteiger charge is -2.18. The average molecular weight is 463 g/mol. The van der Waals surface area contributed by atoms with Gasteiger partial charge in [-0.2, -0.15) is 0 Å². The standard InChI is InChI=1S/C25H25N3O6/c1-31-19-6-5-15(11-20(19)32-2)23-16-12-21(33-3)22(34-4)13-18(16)27-17(24(23)25(29)30)7-9-28-10-8-26-14-28/h5-6,8,10-14H,7,9H2,1-4H3,(H,29,30). The number of aromatic nitrogens is 3. The molecule has 9 heteroatoms. The van der Waals surface area contributed by atoms with Crippen molar-refractivity contribution < 1.29 is 28.8 Å². The summed E-state index contributed by atoms with van der Waals surface area (Å²) in [6, 6.07) is 8.82. The number of ether oxygens (including phenoxy) is 4. The summed E-state index contributed by atoms with van der Waals surface area (Å²) < 4.78 is 23.7. The van der Waals surface area contributed by atoms with Gasteiger partial charge in [0.15, 0.2) is 23.0 Å². The number of benzene rings is 2. The summed E-state index contributed by atoms with van der Waals surface area (Å²) in [5.41, 5.74) is 2.32. The molecule has 0 saturated carbocycles. The van der Waals surface area contributed by atoms with E-state index < -0.39 is 5.97 Å². The zero-order valence-corrected chi connectivity index (χ0v) is 19.4. The number of aromatic carboxylic acids is 1. The number of fused-ring (bicyclic) bond motifs is 1. The van der Waals surface area contributed by atoms with Gasteiger partial charge in [0.05, 0.1) is 51.5 Å². The third kappa shape index (κ3) is 4.19. The van der Waals surface area contributed by atoms with Gasteiger partial charge in [0.1, 0.15) is 0 Å². The van der Waals surface area contributed by atoms with Crippen LogP contribution in [0.2, 0.25) is 0 Å². The van der Waals surface area contributed by atoms with E-state index in [0.29, 0.717) is 63.7 Å². The molecule has 176 valence electrons. The molecule has 0 atom stereocenters. The molecule has 4 aromatic rings. The number of carboxylic acids is 1. The van der Waals surface area contributed by atoms with Crippen LogP contribution in [0.5, 0.6) is 23.0 Å². The summed E-state index contributed by atoms with van der Waals surface area (Å²) in [4.78, 5) is 21.4. The highest BCUT2D eigenvalue weighted by Crippen LogP contribution is 2.41. The maximum absolute atomic E-state index is 12.6. The molecular formula is C25H25N3O6. The molecule has 9 nitrogen and oxygen atoms in total. The number of hydrogen-bond acceptors (Lipinski definition) is 7. The number of pyridine rings is 1. The lowest BCUT2D eigenvalue weighted by atomic mass is 9.92. The summed E-state index contributed by atoms with van der Waals surface area (Å²) >= 11 is 0. The maximum Gasteiger partial charge on any atom is 0.338 e. The van der Waals surface area contributed by atoms with Crippen molar-refractivity contribution in [2.45, 2.75) is 13.0 Å². The topological polar surface area (TPSA) is 105 Å². The van der Waals surface area contributed by atoms with E-state index in [-0.39, 0.29) is 5.56 Å². The van der Waals surface area contributed by atoms with Crippen LogP contribution in [0.1, 0.15) is 16.1 Å². The smallest absolute Gasteiger partial charge is 0.338 e. The number of rotatable bonds is 9. The van der Waals surface area contributed by atoms with Crippen LogP contribution in [0.3, 0.4) is 0 Å². The fourth-order valence-electron chi connectivity index (χ4n) is 4.00. The van der Waals surface area contributed by atoms with E-state index in [2.05, 4.69) is 4.98 Å². The molecule has 0 radical (unpaired) electrons. The molecule has 0 fully saturated rings. The number of methoxy groups -OCH3 is 4. The lowest BCUT2D eigenvalue weighted by molar-refractivity contribution is 0.0696. The molecule has 0 aliphatic carbocycles. The molecule has 4 rings (SSSR count). The van der Waals surface area contributed by atoms with Crippen LogP contribution in [0, 0.1) is 0 Å².